The first-order valence-electron chi connectivity index (χ1n) is 8.13. The lowest BCUT2D eigenvalue weighted by molar-refractivity contribution is -0.129. The summed E-state index contributed by atoms with van der Waals surface area (Å²) in [6, 6.07) is 5.22. The molecule has 3 amide bonds. The van der Waals surface area contributed by atoms with Crippen LogP contribution in [0.2, 0.25) is 0 Å². The van der Waals surface area contributed by atoms with Crippen molar-refractivity contribution >= 4 is 17.6 Å². The smallest absolute Gasteiger partial charge is 0.319 e. The Morgan fingerprint density at radius 1 is 1.21 bits per heavy atom. The molecule has 1 aliphatic rings. The standard InChI is InChI=1S/C17H23F2N3O2/c1-3-17(18,19)13-4-6-14(7-5-13)20-16(24)21-15-8-10-22(11-9-15)12(2)23/h4-7,15H,3,8-11H2,1-2H3,(H2,20,21,24). The van der Waals surface area contributed by atoms with Crippen LogP contribution in [0.15, 0.2) is 24.3 Å². The van der Waals surface area contributed by atoms with Crippen LogP contribution in [0, 0.1) is 0 Å². The zero-order chi connectivity index (χ0) is 17.7. The maximum absolute atomic E-state index is 13.5. The molecule has 0 aromatic heterocycles. The summed E-state index contributed by atoms with van der Waals surface area (Å²) in [4.78, 5) is 25.0. The van der Waals surface area contributed by atoms with Gasteiger partial charge in [-0.1, -0.05) is 19.1 Å². The number of carbonyl (C=O) groups excluding carboxylic acids is 2. The molecule has 1 fully saturated rings. The third kappa shape index (κ3) is 4.66. The highest BCUT2D eigenvalue weighted by Crippen LogP contribution is 2.31. The number of anilines is 1. The second-order valence-corrected chi connectivity index (χ2v) is 6.01. The molecular formula is C17H23F2N3O2. The quantitative estimate of drug-likeness (QED) is 0.884. The number of nitrogens with zero attached hydrogens (tertiary/aromatic N) is 1. The van der Waals surface area contributed by atoms with E-state index in [2.05, 4.69) is 10.6 Å². The number of halogens is 2. The lowest BCUT2D eigenvalue weighted by atomic mass is 10.1. The zero-order valence-electron chi connectivity index (χ0n) is 13.9. The van der Waals surface area contributed by atoms with Crippen LogP contribution in [-0.2, 0) is 10.7 Å². The van der Waals surface area contributed by atoms with E-state index in [1.807, 2.05) is 0 Å². The van der Waals surface area contributed by atoms with Gasteiger partial charge in [-0.25, -0.2) is 13.6 Å². The minimum atomic E-state index is -2.86. The Bertz CT molecular complexity index is 582. The first-order valence-corrected chi connectivity index (χ1v) is 8.13. The molecule has 7 heteroatoms. The number of amides is 3. The Kier molecular flexibility index (Phi) is 5.75. The van der Waals surface area contributed by atoms with Gasteiger partial charge >= 0.3 is 6.03 Å². The number of nitrogens with one attached hydrogen (secondary N) is 2. The molecule has 24 heavy (non-hydrogen) atoms. The highest BCUT2D eigenvalue weighted by atomic mass is 19.3. The summed E-state index contributed by atoms with van der Waals surface area (Å²) >= 11 is 0. The number of benzene rings is 1. The molecule has 1 saturated heterocycles. The Morgan fingerprint density at radius 2 is 1.79 bits per heavy atom. The van der Waals surface area contributed by atoms with Gasteiger partial charge in [0.1, 0.15) is 0 Å². The van der Waals surface area contributed by atoms with Gasteiger partial charge in [0.2, 0.25) is 5.91 Å². The van der Waals surface area contributed by atoms with Gasteiger partial charge < -0.3 is 15.5 Å². The molecular weight excluding hydrogens is 316 g/mol. The number of hydrogen-bond donors (Lipinski definition) is 2. The molecule has 1 aromatic carbocycles. The van der Waals surface area contributed by atoms with Crippen LogP contribution in [0.25, 0.3) is 0 Å². The summed E-state index contributed by atoms with van der Waals surface area (Å²) in [6.07, 6.45) is 1.14. The van der Waals surface area contributed by atoms with Crippen molar-refractivity contribution < 1.29 is 18.4 Å². The van der Waals surface area contributed by atoms with Crippen molar-refractivity contribution in [3.05, 3.63) is 29.8 Å². The number of rotatable bonds is 4. The van der Waals surface area contributed by atoms with E-state index in [4.69, 9.17) is 0 Å². The van der Waals surface area contributed by atoms with Crippen LogP contribution in [-0.4, -0.2) is 36.0 Å². The first kappa shape index (κ1) is 18.2. The lowest BCUT2D eigenvalue weighted by Crippen LogP contribution is -2.47. The fourth-order valence-corrected chi connectivity index (χ4v) is 2.69. The second-order valence-electron chi connectivity index (χ2n) is 6.01. The largest absolute Gasteiger partial charge is 0.343 e. The van der Waals surface area contributed by atoms with Gasteiger partial charge in [-0.2, -0.15) is 0 Å². The molecule has 5 nitrogen and oxygen atoms in total. The molecule has 0 atom stereocenters. The van der Waals surface area contributed by atoms with Crippen LogP contribution in [0.3, 0.4) is 0 Å². The molecule has 1 aliphatic heterocycles. The van der Waals surface area contributed by atoms with Gasteiger partial charge in [0.15, 0.2) is 0 Å². The second kappa shape index (κ2) is 7.59. The van der Waals surface area contributed by atoms with Crippen LogP contribution in [0.4, 0.5) is 19.3 Å². The van der Waals surface area contributed by atoms with Crippen molar-refractivity contribution in [1.29, 1.82) is 0 Å². The van der Waals surface area contributed by atoms with E-state index in [-0.39, 0.29) is 30.0 Å². The van der Waals surface area contributed by atoms with Crippen molar-refractivity contribution in [2.24, 2.45) is 0 Å². The molecule has 0 unspecified atom stereocenters. The van der Waals surface area contributed by atoms with Gasteiger partial charge in [-0.3, -0.25) is 4.79 Å². The third-order valence-corrected chi connectivity index (χ3v) is 4.28. The van der Waals surface area contributed by atoms with Gasteiger partial charge in [0.05, 0.1) is 0 Å². The molecule has 2 rings (SSSR count). The third-order valence-electron chi connectivity index (χ3n) is 4.28. The highest BCUT2D eigenvalue weighted by molar-refractivity contribution is 5.89. The number of alkyl halides is 2. The van der Waals surface area contributed by atoms with Gasteiger partial charge in [-0.15, -0.1) is 0 Å². The topological polar surface area (TPSA) is 61.4 Å². The Morgan fingerprint density at radius 3 is 2.29 bits per heavy atom. The van der Waals surface area contributed by atoms with E-state index in [1.165, 1.54) is 38.1 Å². The molecule has 1 heterocycles. The van der Waals surface area contributed by atoms with Crippen molar-refractivity contribution in [2.75, 3.05) is 18.4 Å². The van der Waals surface area contributed by atoms with E-state index in [9.17, 15) is 18.4 Å². The van der Waals surface area contributed by atoms with Crippen LogP contribution < -0.4 is 10.6 Å². The Balaban J connectivity index is 1.84. The summed E-state index contributed by atoms with van der Waals surface area (Å²) < 4.78 is 27.1. The van der Waals surface area contributed by atoms with E-state index in [0.717, 1.165) is 0 Å². The summed E-state index contributed by atoms with van der Waals surface area (Å²) in [5, 5.41) is 5.49. The molecule has 0 saturated carbocycles. The van der Waals surface area contributed by atoms with Crippen LogP contribution in [0.5, 0.6) is 0 Å². The van der Waals surface area contributed by atoms with Gasteiger partial charge in [0, 0.05) is 43.7 Å². The monoisotopic (exact) mass is 339 g/mol. The fraction of sp³-hybridized carbons (Fsp3) is 0.529. The average molecular weight is 339 g/mol. The molecule has 0 radical (unpaired) electrons. The molecule has 1 aromatic rings. The number of piperidine rings is 1. The van der Waals surface area contributed by atoms with E-state index in [0.29, 0.717) is 31.6 Å². The number of hydrogen-bond acceptors (Lipinski definition) is 2. The molecule has 0 aliphatic carbocycles. The van der Waals surface area contributed by atoms with E-state index >= 15 is 0 Å². The molecule has 132 valence electrons. The number of likely N-dealkylation sites (tertiary alicyclic amines) is 1. The lowest BCUT2D eigenvalue weighted by Gasteiger charge is -2.31. The fourth-order valence-electron chi connectivity index (χ4n) is 2.69. The molecule has 2 N–H and O–H groups in total. The predicted octanol–water partition coefficient (Wildman–Crippen LogP) is 3.32. The average Bonchev–Trinajstić information content (AvgIpc) is 2.55. The Hall–Kier alpha value is -2.18. The summed E-state index contributed by atoms with van der Waals surface area (Å²) in [7, 11) is 0. The van der Waals surface area contributed by atoms with Crippen LogP contribution in [0.1, 0.15) is 38.7 Å². The summed E-state index contributed by atoms with van der Waals surface area (Å²) in [6.45, 7) is 4.21. The maximum atomic E-state index is 13.5. The SMILES string of the molecule is CCC(F)(F)c1ccc(NC(=O)NC2CCN(C(C)=O)CC2)cc1. The van der Waals surface area contributed by atoms with Crippen molar-refractivity contribution in [3.63, 3.8) is 0 Å². The predicted molar refractivity (Wildman–Crippen MR) is 88.1 cm³/mol. The minimum Gasteiger partial charge on any atom is -0.343 e. The highest BCUT2D eigenvalue weighted by Gasteiger charge is 2.28. The maximum Gasteiger partial charge on any atom is 0.319 e. The van der Waals surface area contributed by atoms with Gasteiger partial charge in [0.25, 0.3) is 5.92 Å². The van der Waals surface area contributed by atoms with Crippen molar-refractivity contribution in [1.82, 2.24) is 10.2 Å². The minimum absolute atomic E-state index is 0.00398. The van der Waals surface area contributed by atoms with E-state index in [1.54, 1.807) is 4.90 Å². The zero-order valence-corrected chi connectivity index (χ0v) is 13.9. The summed E-state index contributed by atoms with van der Waals surface area (Å²) in [5.74, 6) is -2.81. The van der Waals surface area contributed by atoms with Crippen LogP contribution >= 0.6 is 0 Å². The van der Waals surface area contributed by atoms with Crippen molar-refractivity contribution in [3.8, 4) is 0 Å². The molecule has 0 spiro atoms. The Labute approximate surface area is 140 Å². The summed E-state index contributed by atoms with van der Waals surface area (Å²) in [5.41, 5.74) is 0.400. The van der Waals surface area contributed by atoms with Crippen molar-refractivity contribution in [2.45, 2.75) is 45.1 Å². The number of carbonyl (C=O) groups is 2. The normalized spacial score (nSPS) is 15.9. The molecule has 0 bridgehead atoms. The number of urea groups is 1. The van der Waals surface area contributed by atoms with E-state index < -0.39 is 5.92 Å². The van der Waals surface area contributed by atoms with Gasteiger partial charge in [-0.05, 0) is 25.0 Å². The first-order chi connectivity index (χ1) is 11.3.